The average Bonchev–Trinajstić information content (AvgIpc) is 2.87. The summed E-state index contributed by atoms with van der Waals surface area (Å²) in [5.74, 6) is 0.576. The molecule has 114 valence electrons. The number of nitrogens with one attached hydrogen (secondary N) is 1. The molecule has 0 unspecified atom stereocenters. The zero-order chi connectivity index (χ0) is 15.3. The van der Waals surface area contributed by atoms with E-state index in [2.05, 4.69) is 25.9 Å². The van der Waals surface area contributed by atoms with Crippen LogP contribution >= 0.6 is 15.9 Å². The topological polar surface area (TPSA) is 84.9 Å². The van der Waals surface area contributed by atoms with E-state index in [0.29, 0.717) is 16.9 Å². The number of aromatic nitrogens is 2. The maximum absolute atomic E-state index is 12.4. The number of aromatic amines is 1. The Morgan fingerprint density at radius 3 is 2.82 bits per heavy atom. The van der Waals surface area contributed by atoms with Crippen LogP contribution in [-0.4, -0.2) is 9.97 Å². The zero-order valence-corrected chi connectivity index (χ0v) is 13.6. The smallest absolute Gasteiger partial charge is 0.294 e. The number of nitrogens with zero attached hydrogens (tertiary/aromatic N) is 1. The van der Waals surface area contributed by atoms with Gasteiger partial charge in [-0.2, -0.15) is 0 Å². The summed E-state index contributed by atoms with van der Waals surface area (Å²) >= 11 is 3.45. The largest absolute Gasteiger partial charge is 0.449 e. The van der Waals surface area contributed by atoms with Crippen LogP contribution in [0.5, 0.6) is 0 Å². The molecule has 0 radical (unpaired) electrons. The fourth-order valence-electron chi connectivity index (χ4n) is 3.28. The second-order valence-electron chi connectivity index (χ2n) is 6.05. The SMILES string of the molecule is NC1(c2nc3c(oc4ccc(Br)cc43)c(=O)[nH]2)CCCCC1. The van der Waals surface area contributed by atoms with Crippen molar-refractivity contribution in [3.63, 3.8) is 0 Å². The maximum Gasteiger partial charge on any atom is 0.294 e. The number of hydrogen-bond donors (Lipinski definition) is 2. The van der Waals surface area contributed by atoms with Gasteiger partial charge < -0.3 is 15.1 Å². The summed E-state index contributed by atoms with van der Waals surface area (Å²) in [6.45, 7) is 0. The third-order valence-electron chi connectivity index (χ3n) is 4.50. The molecule has 1 saturated carbocycles. The van der Waals surface area contributed by atoms with Gasteiger partial charge in [-0.1, -0.05) is 35.2 Å². The van der Waals surface area contributed by atoms with Gasteiger partial charge in [0.1, 0.15) is 16.9 Å². The van der Waals surface area contributed by atoms with Crippen molar-refractivity contribution in [1.29, 1.82) is 0 Å². The van der Waals surface area contributed by atoms with E-state index in [4.69, 9.17) is 10.2 Å². The molecular formula is C16H16BrN3O2. The van der Waals surface area contributed by atoms with E-state index in [1.807, 2.05) is 18.2 Å². The monoisotopic (exact) mass is 361 g/mol. The molecule has 2 heterocycles. The number of halogens is 1. The van der Waals surface area contributed by atoms with Crippen LogP contribution in [0.3, 0.4) is 0 Å². The van der Waals surface area contributed by atoms with Crippen molar-refractivity contribution in [1.82, 2.24) is 9.97 Å². The molecule has 6 heteroatoms. The van der Waals surface area contributed by atoms with E-state index in [0.717, 1.165) is 35.5 Å². The lowest BCUT2D eigenvalue weighted by Gasteiger charge is -2.32. The first kappa shape index (κ1) is 14.0. The standard InChI is InChI=1S/C16H16BrN3O2/c17-9-4-5-11-10(8-9)12-13(22-11)14(21)20-15(19-12)16(18)6-2-1-3-7-16/h4-5,8H,1-3,6-7,18H2,(H,19,20,21). The van der Waals surface area contributed by atoms with Crippen molar-refractivity contribution in [2.45, 2.75) is 37.6 Å². The molecule has 1 aliphatic rings. The highest BCUT2D eigenvalue weighted by atomic mass is 79.9. The number of furan rings is 1. The van der Waals surface area contributed by atoms with Gasteiger partial charge in [-0.05, 0) is 31.0 Å². The highest BCUT2D eigenvalue weighted by Gasteiger charge is 2.32. The lowest BCUT2D eigenvalue weighted by molar-refractivity contribution is 0.287. The Balaban J connectivity index is 2.00. The molecule has 0 atom stereocenters. The van der Waals surface area contributed by atoms with Gasteiger partial charge in [0, 0.05) is 9.86 Å². The Bertz CT molecular complexity index is 922. The third kappa shape index (κ3) is 2.09. The molecule has 1 fully saturated rings. The molecule has 3 aromatic rings. The van der Waals surface area contributed by atoms with Crippen molar-refractivity contribution in [3.8, 4) is 0 Å². The molecule has 0 aliphatic heterocycles. The van der Waals surface area contributed by atoms with Crippen LogP contribution in [0.2, 0.25) is 0 Å². The highest BCUT2D eigenvalue weighted by molar-refractivity contribution is 9.10. The van der Waals surface area contributed by atoms with Crippen molar-refractivity contribution < 1.29 is 4.42 Å². The Hall–Kier alpha value is -1.66. The summed E-state index contributed by atoms with van der Waals surface area (Å²) in [5.41, 5.74) is 7.21. The van der Waals surface area contributed by atoms with Crippen LogP contribution in [-0.2, 0) is 5.54 Å². The molecule has 5 nitrogen and oxygen atoms in total. The van der Waals surface area contributed by atoms with Crippen LogP contribution in [0.1, 0.15) is 37.9 Å². The van der Waals surface area contributed by atoms with Gasteiger partial charge >= 0.3 is 0 Å². The summed E-state index contributed by atoms with van der Waals surface area (Å²) in [4.78, 5) is 19.9. The summed E-state index contributed by atoms with van der Waals surface area (Å²) in [5, 5.41) is 0.830. The predicted octanol–water partition coefficient (Wildman–Crippen LogP) is 3.55. The molecule has 22 heavy (non-hydrogen) atoms. The maximum atomic E-state index is 12.4. The summed E-state index contributed by atoms with van der Waals surface area (Å²) < 4.78 is 6.57. The summed E-state index contributed by atoms with van der Waals surface area (Å²) in [6.07, 6.45) is 5.01. The van der Waals surface area contributed by atoms with E-state index in [-0.39, 0.29) is 11.1 Å². The minimum absolute atomic E-state index is 0.260. The second-order valence-corrected chi connectivity index (χ2v) is 6.97. The third-order valence-corrected chi connectivity index (χ3v) is 5.00. The number of fused-ring (bicyclic) bond motifs is 3. The second kappa shape index (κ2) is 4.93. The van der Waals surface area contributed by atoms with Crippen molar-refractivity contribution >= 4 is 38.0 Å². The number of H-pyrrole nitrogens is 1. The van der Waals surface area contributed by atoms with Gasteiger partial charge in [0.2, 0.25) is 5.58 Å². The van der Waals surface area contributed by atoms with Crippen LogP contribution in [0.15, 0.2) is 31.9 Å². The van der Waals surface area contributed by atoms with Gasteiger partial charge in [0.15, 0.2) is 0 Å². The van der Waals surface area contributed by atoms with Gasteiger partial charge in [0.05, 0.1) is 5.54 Å². The van der Waals surface area contributed by atoms with Crippen LogP contribution < -0.4 is 11.3 Å². The lowest BCUT2D eigenvalue weighted by atomic mass is 9.82. The van der Waals surface area contributed by atoms with Gasteiger partial charge in [0.25, 0.3) is 5.56 Å². The van der Waals surface area contributed by atoms with E-state index >= 15 is 0 Å². The van der Waals surface area contributed by atoms with Gasteiger partial charge in [-0.15, -0.1) is 0 Å². The minimum Gasteiger partial charge on any atom is -0.449 e. The first-order chi connectivity index (χ1) is 10.6. The molecule has 0 bridgehead atoms. The minimum atomic E-state index is -0.540. The Kier molecular flexibility index (Phi) is 3.13. The number of hydrogen-bond acceptors (Lipinski definition) is 4. The average molecular weight is 362 g/mol. The van der Waals surface area contributed by atoms with E-state index < -0.39 is 5.54 Å². The first-order valence-corrected chi connectivity index (χ1v) is 8.28. The van der Waals surface area contributed by atoms with Crippen molar-refractivity contribution in [2.75, 3.05) is 0 Å². The fraction of sp³-hybridized carbons (Fsp3) is 0.375. The van der Waals surface area contributed by atoms with Crippen LogP contribution in [0.25, 0.3) is 22.1 Å². The quantitative estimate of drug-likeness (QED) is 0.693. The van der Waals surface area contributed by atoms with Crippen molar-refractivity contribution in [2.24, 2.45) is 5.73 Å². The zero-order valence-electron chi connectivity index (χ0n) is 12.0. The van der Waals surface area contributed by atoms with Gasteiger partial charge in [-0.25, -0.2) is 4.98 Å². The number of benzene rings is 1. The Morgan fingerprint density at radius 2 is 2.05 bits per heavy atom. The fourth-order valence-corrected chi connectivity index (χ4v) is 3.64. The van der Waals surface area contributed by atoms with E-state index in [1.54, 1.807) is 0 Å². The van der Waals surface area contributed by atoms with E-state index in [9.17, 15) is 4.79 Å². The van der Waals surface area contributed by atoms with Gasteiger partial charge in [-0.3, -0.25) is 4.79 Å². The summed E-state index contributed by atoms with van der Waals surface area (Å²) in [7, 11) is 0. The molecule has 3 N–H and O–H groups in total. The Labute approximate surface area is 135 Å². The molecule has 2 aromatic heterocycles. The molecular weight excluding hydrogens is 346 g/mol. The molecule has 0 amide bonds. The molecule has 0 spiro atoms. The van der Waals surface area contributed by atoms with Crippen LogP contribution in [0.4, 0.5) is 0 Å². The molecule has 1 aromatic carbocycles. The predicted molar refractivity (Wildman–Crippen MR) is 88.8 cm³/mol. The number of rotatable bonds is 1. The summed E-state index contributed by atoms with van der Waals surface area (Å²) in [6, 6.07) is 5.63. The Morgan fingerprint density at radius 1 is 1.27 bits per heavy atom. The van der Waals surface area contributed by atoms with Crippen molar-refractivity contribution in [3.05, 3.63) is 38.9 Å². The molecule has 1 aliphatic carbocycles. The van der Waals surface area contributed by atoms with Crippen LogP contribution in [0, 0.1) is 0 Å². The first-order valence-electron chi connectivity index (χ1n) is 7.48. The van der Waals surface area contributed by atoms with E-state index in [1.165, 1.54) is 6.42 Å². The number of nitrogens with two attached hydrogens (primary N) is 1. The normalized spacial score (nSPS) is 18.1. The molecule has 0 saturated heterocycles. The lowest BCUT2D eigenvalue weighted by Crippen LogP contribution is -2.41. The highest BCUT2D eigenvalue weighted by Crippen LogP contribution is 2.34. The molecule has 4 rings (SSSR count).